The van der Waals surface area contributed by atoms with E-state index in [2.05, 4.69) is 15.6 Å². The van der Waals surface area contributed by atoms with Gasteiger partial charge in [-0.05, 0) is 6.92 Å². The Morgan fingerprint density at radius 3 is 2.84 bits per heavy atom. The Hall–Kier alpha value is -1.38. The molecular formula is C11H20N4O3S. The zero-order valence-corrected chi connectivity index (χ0v) is 12.2. The lowest BCUT2D eigenvalue weighted by molar-refractivity contribution is 0.0910. The highest BCUT2D eigenvalue weighted by Crippen LogP contribution is 2.24. The van der Waals surface area contributed by atoms with Gasteiger partial charge in [-0.1, -0.05) is 11.3 Å². The van der Waals surface area contributed by atoms with Crippen LogP contribution in [0.5, 0.6) is 0 Å². The zero-order chi connectivity index (χ0) is 14.3. The summed E-state index contributed by atoms with van der Waals surface area (Å²) in [5, 5.41) is 6.44. The van der Waals surface area contributed by atoms with Crippen LogP contribution in [-0.4, -0.2) is 50.9 Å². The van der Waals surface area contributed by atoms with Gasteiger partial charge in [-0.3, -0.25) is 4.79 Å². The molecule has 1 aromatic rings. The second kappa shape index (κ2) is 7.93. The van der Waals surface area contributed by atoms with E-state index in [1.165, 1.54) is 11.3 Å². The fourth-order valence-corrected chi connectivity index (χ4v) is 2.22. The van der Waals surface area contributed by atoms with E-state index in [-0.39, 0.29) is 17.8 Å². The number of carbonyl (C=O) groups is 1. The number of nitrogens with two attached hydrogens (primary N) is 1. The summed E-state index contributed by atoms with van der Waals surface area (Å²) in [7, 11) is 3.20. The van der Waals surface area contributed by atoms with Crippen LogP contribution in [0.4, 0.5) is 10.9 Å². The van der Waals surface area contributed by atoms with Crippen molar-refractivity contribution in [1.29, 1.82) is 0 Å². The third-order valence-electron chi connectivity index (χ3n) is 2.24. The molecule has 4 N–H and O–H groups in total. The molecule has 1 unspecified atom stereocenters. The Labute approximate surface area is 116 Å². The molecule has 0 aliphatic carbocycles. The molecule has 1 amide bonds. The summed E-state index contributed by atoms with van der Waals surface area (Å²) in [5.74, 6) is -0.00799. The van der Waals surface area contributed by atoms with E-state index < -0.39 is 0 Å². The Balaban J connectivity index is 2.59. The molecule has 0 aliphatic heterocycles. The van der Waals surface area contributed by atoms with E-state index in [0.717, 1.165) is 0 Å². The van der Waals surface area contributed by atoms with E-state index in [1.807, 2.05) is 6.92 Å². The van der Waals surface area contributed by atoms with Crippen molar-refractivity contribution in [2.24, 2.45) is 0 Å². The van der Waals surface area contributed by atoms with Gasteiger partial charge in [-0.2, -0.15) is 0 Å². The fourth-order valence-electron chi connectivity index (χ4n) is 1.41. The van der Waals surface area contributed by atoms with Crippen LogP contribution in [0.1, 0.15) is 16.6 Å². The molecule has 0 saturated carbocycles. The number of nitrogen functional groups attached to an aromatic ring is 1. The van der Waals surface area contributed by atoms with Gasteiger partial charge < -0.3 is 25.8 Å². The summed E-state index contributed by atoms with van der Waals surface area (Å²) in [4.78, 5) is 16.5. The first-order valence-electron chi connectivity index (χ1n) is 5.87. The predicted molar refractivity (Wildman–Crippen MR) is 75.7 cm³/mol. The Bertz CT molecular complexity index is 411. The second-order valence-corrected chi connectivity index (χ2v) is 4.98. The number of hydrogen-bond donors (Lipinski definition) is 3. The molecule has 1 heterocycles. The van der Waals surface area contributed by atoms with Gasteiger partial charge in [-0.15, -0.1) is 0 Å². The van der Waals surface area contributed by atoms with E-state index in [4.69, 9.17) is 15.2 Å². The lowest BCUT2D eigenvalue weighted by Gasteiger charge is -2.11. The number of methoxy groups -OCH3 is 2. The number of amides is 1. The fraction of sp³-hybridized carbons (Fsp3) is 0.636. The van der Waals surface area contributed by atoms with Crippen molar-refractivity contribution in [3.8, 4) is 0 Å². The van der Waals surface area contributed by atoms with Crippen molar-refractivity contribution < 1.29 is 14.3 Å². The lowest BCUT2D eigenvalue weighted by atomic mass is 10.3. The molecule has 0 spiro atoms. The molecule has 7 nitrogen and oxygen atoms in total. The summed E-state index contributed by atoms with van der Waals surface area (Å²) < 4.78 is 9.87. The van der Waals surface area contributed by atoms with Crippen molar-refractivity contribution in [2.75, 3.05) is 45.0 Å². The Morgan fingerprint density at radius 2 is 2.21 bits per heavy atom. The highest BCUT2D eigenvalue weighted by Gasteiger charge is 2.17. The zero-order valence-electron chi connectivity index (χ0n) is 11.4. The van der Waals surface area contributed by atoms with Crippen molar-refractivity contribution in [2.45, 2.75) is 13.0 Å². The lowest BCUT2D eigenvalue weighted by Crippen LogP contribution is -2.35. The monoisotopic (exact) mass is 288 g/mol. The number of hydrogen-bond acceptors (Lipinski definition) is 7. The average Bonchev–Trinajstić information content (AvgIpc) is 2.71. The van der Waals surface area contributed by atoms with Gasteiger partial charge in [0, 0.05) is 26.8 Å². The van der Waals surface area contributed by atoms with E-state index in [0.29, 0.717) is 29.8 Å². The molecule has 1 rings (SSSR count). The number of ether oxygens (including phenoxy) is 2. The number of anilines is 2. The maximum Gasteiger partial charge on any atom is 0.265 e. The van der Waals surface area contributed by atoms with Crippen molar-refractivity contribution >= 4 is 28.2 Å². The minimum atomic E-state index is -0.237. The van der Waals surface area contributed by atoms with Crippen LogP contribution in [-0.2, 0) is 9.47 Å². The summed E-state index contributed by atoms with van der Waals surface area (Å²) in [6.45, 7) is 3.48. The van der Waals surface area contributed by atoms with Crippen molar-refractivity contribution in [1.82, 2.24) is 10.3 Å². The second-order valence-electron chi connectivity index (χ2n) is 3.98. The number of nitrogens with zero attached hydrogens (tertiary/aromatic N) is 1. The first kappa shape index (κ1) is 15.7. The number of carbonyl (C=O) groups excluding carboxylic acids is 1. The summed E-state index contributed by atoms with van der Waals surface area (Å²) in [5.41, 5.74) is 5.73. The molecule has 1 atom stereocenters. The number of thiazole rings is 1. The summed E-state index contributed by atoms with van der Waals surface area (Å²) in [6, 6.07) is -0.0797. The van der Waals surface area contributed by atoms with Crippen molar-refractivity contribution in [3.05, 3.63) is 4.88 Å². The quantitative estimate of drug-likeness (QED) is 0.604. The van der Waals surface area contributed by atoms with Crippen LogP contribution in [0.25, 0.3) is 0 Å². The first-order valence-corrected chi connectivity index (χ1v) is 6.69. The van der Waals surface area contributed by atoms with Crippen molar-refractivity contribution in [3.63, 3.8) is 0 Å². The molecule has 0 bridgehead atoms. The summed E-state index contributed by atoms with van der Waals surface area (Å²) >= 11 is 1.22. The van der Waals surface area contributed by atoms with E-state index in [9.17, 15) is 4.79 Å². The molecule has 0 radical (unpaired) electrons. The normalized spacial score (nSPS) is 12.2. The van der Waals surface area contributed by atoms with Gasteiger partial charge in [-0.25, -0.2) is 4.98 Å². The Kier molecular flexibility index (Phi) is 6.54. The molecule has 0 aliphatic rings. The number of aromatic nitrogens is 1. The molecule has 0 saturated heterocycles. The minimum absolute atomic E-state index is 0.0797. The highest BCUT2D eigenvalue weighted by atomic mass is 32.1. The Morgan fingerprint density at radius 1 is 1.47 bits per heavy atom. The van der Waals surface area contributed by atoms with Crippen LogP contribution in [0, 0.1) is 0 Å². The largest absolute Gasteiger partial charge is 0.383 e. The van der Waals surface area contributed by atoms with Crippen LogP contribution < -0.4 is 16.4 Å². The maximum atomic E-state index is 12.0. The van der Waals surface area contributed by atoms with Gasteiger partial charge in [0.1, 0.15) is 10.7 Å². The van der Waals surface area contributed by atoms with Crippen LogP contribution >= 0.6 is 11.3 Å². The van der Waals surface area contributed by atoms with E-state index >= 15 is 0 Å². The number of nitrogens with one attached hydrogen (secondary N) is 2. The summed E-state index contributed by atoms with van der Waals surface area (Å²) in [6.07, 6.45) is 0. The van der Waals surface area contributed by atoms with Gasteiger partial charge in [0.25, 0.3) is 5.91 Å². The molecule has 108 valence electrons. The molecule has 19 heavy (non-hydrogen) atoms. The molecule has 0 aromatic carbocycles. The standard InChI is InChI=1S/C11H20N4O3S/c1-7(6-18-3)14-10(16)8-9(12)15-11(19-8)13-4-5-17-2/h7H,4-6,12H2,1-3H3,(H,13,15)(H,14,16). The third kappa shape index (κ3) is 5.01. The first-order chi connectivity index (χ1) is 9.08. The van der Waals surface area contributed by atoms with Gasteiger partial charge in [0.2, 0.25) is 0 Å². The van der Waals surface area contributed by atoms with Gasteiger partial charge in [0.05, 0.1) is 13.2 Å². The SMILES string of the molecule is COCCNc1nc(N)c(C(=O)NC(C)COC)s1. The predicted octanol–water partition coefficient (Wildman–Crippen LogP) is 0.548. The topological polar surface area (TPSA) is 98.5 Å². The van der Waals surface area contributed by atoms with Crippen LogP contribution in [0.3, 0.4) is 0 Å². The third-order valence-corrected chi connectivity index (χ3v) is 3.26. The minimum Gasteiger partial charge on any atom is -0.383 e. The molecule has 0 fully saturated rings. The smallest absolute Gasteiger partial charge is 0.265 e. The maximum absolute atomic E-state index is 12.0. The van der Waals surface area contributed by atoms with E-state index in [1.54, 1.807) is 14.2 Å². The molecule has 1 aromatic heterocycles. The van der Waals surface area contributed by atoms with Crippen LogP contribution in [0.2, 0.25) is 0 Å². The highest BCUT2D eigenvalue weighted by molar-refractivity contribution is 7.18. The van der Waals surface area contributed by atoms with Gasteiger partial charge in [0.15, 0.2) is 5.13 Å². The van der Waals surface area contributed by atoms with Gasteiger partial charge >= 0.3 is 0 Å². The number of rotatable bonds is 8. The average molecular weight is 288 g/mol. The molecular weight excluding hydrogens is 268 g/mol. The van der Waals surface area contributed by atoms with Crippen LogP contribution in [0.15, 0.2) is 0 Å². The molecule has 8 heteroatoms.